The van der Waals surface area contributed by atoms with Gasteiger partial charge < -0.3 is 10.4 Å². The average molecular weight is 282 g/mol. The lowest BCUT2D eigenvalue weighted by atomic mass is 10.1. The Hall–Kier alpha value is -2.33. The summed E-state index contributed by atoms with van der Waals surface area (Å²) in [5, 5.41) is 15.5. The number of nitrogens with zero attached hydrogens (tertiary/aromatic N) is 1. The van der Waals surface area contributed by atoms with E-state index in [4.69, 9.17) is 0 Å². The van der Waals surface area contributed by atoms with Crippen molar-refractivity contribution in [1.29, 1.82) is 0 Å². The molecule has 0 fully saturated rings. The molecule has 0 saturated carbocycles. The first-order valence-corrected chi connectivity index (χ1v) is 7.17. The first-order chi connectivity index (χ1) is 9.70. The molecule has 3 aromatic rings. The molecule has 0 amide bonds. The Balaban J connectivity index is 1.82. The second kappa shape index (κ2) is 5.35. The van der Waals surface area contributed by atoms with Crippen LogP contribution in [0, 0.1) is 6.92 Å². The van der Waals surface area contributed by atoms with Crippen LogP contribution in [0.1, 0.15) is 5.56 Å². The van der Waals surface area contributed by atoms with E-state index in [1.807, 2.05) is 11.4 Å². The molecule has 20 heavy (non-hydrogen) atoms. The van der Waals surface area contributed by atoms with E-state index in [2.05, 4.69) is 41.5 Å². The predicted molar refractivity (Wildman–Crippen MR) is 83.7 cm³/mol. The van der Waals surface area contributed by atoms with Gasteiger partial charge in [0.25, 0.3) is 0 Å². The molecule has 0 aliphatic heterocycles. The van der Waals surface area contributed by atoms with Crippen molar-refractivity contribution >= 4 is 22.2 Å². The van der Waals surface area contributed by atoms with Crippen LogP contribution in [0.3, 0.4) is 0 Å². The summed E-state index contributed by atoms with van der Waals surface area (Å²) in [6.07, 6.45) is 0. The van der Waals surface area contributed by atoms with Gasteiger partial charge in [-0.1, -0.05) is 35.9 Å². The van der Waals surface area contributed by atoms with E-state index in [1.54, 1.807) is 29.5 Å². The molecule has 0 aliphatic rings. The Bertz CT molecular complexity index is 719. The summed E-state index contributed by atoms with van der Waals surface area (Å²) >= 11 is 1.55. The minimum absolute atomic E-state index is 0.241. The van der Waals surface area contributed by atoms with Gasteiger partial charge in [0.15, 0.2) is 5.13 Å². The number of thiazole rings is 1. The van der Waals surface area contributed by atoms with Gasteiger partial charge in [-0.15, -0.1) is 11.3 Å². The normalized spacial score (nSPS) is 10.4. The number of rotatable bonds is 3. The minimum Gasteiger partial charge on any atom is -0.508 e. The first kappa shape index (κ1) is 12.7. The fraction of sp³-hybridized carbons (Fsp3) is 0.0625. The number of phenolic OH excluding ortho intramolecular Hbond substituents is 1. The predicted octanol–water partition coefficient (Wildman–Crippen LogP) is 4.57. The van der Waals surface area contributed by atoms with Gasteiger partial charge in [0.05, 0.1) is 5.69 Å². The summed E-state index contributed by atoms with van der Waals surface area (Å²) < 4.78 is 0. The number of anilines is 2. The van der Waals surface area contributed by atoms with Gasteiger partial charge >= 0.3 is 0 Å². The molecular weight excluding hydrogens is 268 g/mol. The third kappa shape index (κ3) is 2.81. The monoisotopic (exact) mass is 282 g/mol. The SMILES string of the molecule is Cc1ccc(-c2csc(Nc3cccc(O)c3)n2)cc1. The minimum atomic E-state index is 0.241. The molecule has 0 atom stereocenters. The maximum Gasteiger partial charge on any atom is 0.187 e. The third-order valence-electron chi connectivity index (χ3n) is 2.95. The van der Waals surface area contributed by atoms with E-state index >= 15 is 0 Å². The first-order valence-electron chi connectivity index (χ1n) is 6.29. The molecule has 3 nitrogen and oxygen atoms in total. The van der Waals surface area contributed by atoms with Crippen LogP contribution in [-0.2, 0) is 0 Å². The van der Waals surface area contributed by atoms with E-state index in [0.29, 0.717) is 0 Å². The van der Waals surface area contributed by atoms with Crippen molar-refractivity contribution in [2.75, 3.05) is 5.32 Å². The van der Waals surface area contributed by atoms with Crippen LogP contribution in [0.25, 0.3) is 11.3 Å². The second-order valence-corrected chi connectivity index (χ2v) is 5.44. The van der Waals surface area contributed by atoms with Crippen LogP contribution in [0.4, 0.5) is 10.8 Å². The van der Waals surface area contributed by atoms with Gasteiger partial charge in [-0.05, 0) is 19.1 Å². The van der Waals surface area contributed by atoms with Crippen LogP contribution in [-0.4, -0.2) is 10.1 Å². The average Bonchev–Trinajstić information content (AvgIpc) is 2.88. The number of aryl methyl sites for hydroxylation is 1. The maximum absolute atomic E-state index is 9.44. The lowest BCUT2D eigenvalue weighted by Gasteiger charge is -2.02. The van der Waals surface area contributed by atoms with Crippen molar-refractivity contribution in [3.8, 4) is 17.0 Å². The van der Waals surface area contributed by atoms with Gasteiger partial charge in [0.2, 0.25) is 0 Å². The zero-order valence-corrected chi connectivity index (χ0v) is 11.8. The molecule has 2 N–H and O–H groups in total. The van der Waals surface area contributed by atoms with Crippen molar-refractivity contribution in [2.45, 2.75) is 6.92 Å². The number of aromatic nitrogens is 1. The van der Waals surface area contributed by atoms with Crippen LogP contribution in [0.15, 0.2) is 53.9 Å². The summed E-state index contributed by atoms with van der Waals surface area (Å²) in [6, 6.07) is 15.3. The fourth-order valence-corrected chi connectivity index (χ4v) is 2.64. The number of hydrogen-bond acceptors (Lipinski definition) is 4. The summed E-state index contributed by atoms with van der Waals surface area (Å²) in [5.74, 6) is 0.241. The van der Waals surface area contributed by atoms with Gasteiger partial charge in [-0.25, -0.2) is 4.98 Å². The van der Waals surface area contributed by atoms with Crippen molar-refractivity contribution in [1.82, 2.24) is 4.98 Å². The molecule has 3 rings (SSSR count). The van der Waals surface area contributed by atoms with Gasteiger partial charge in [-0.3, -0.25) is 0 Å². The Morgan fingerprint density at radius 3 is 2.65 bits per heavy atom. The molecule has 2 aromatic carbocycles. The third-order valence-corrected chi connectivity index (χ3v) is 3.71. The molecule has 0 aliphatic carbocycles. The summed E-state index contributed by atoms with van der Waals surface area (Å²) in [6.45, 7) is 2.07. The zero-order chi connectivity index (χ0) is 13.9. The molecule has 1 heterocycles. The number of phenols is 1. The van der Waals surface area contributed by atoms with Crippen LogP contribution >= 0.6 is 11.3 Å². The Kier molecular flexibility index (Phi) is 3.39. The second-order valence-electron chi connectivity index (χ2n) is 4.58. The van der Waals surface area contributed by atoms with Crippen molar-refractivity contribution in [3.63, 3.8) is 0 Å². The molecular formula is C16H14N2OS. The number of benzene rings is 2. The van der Waals surface area contributed by atoms with E-state index in [1.165, 1.54) is 5.56 Å². The van der Waals surface area contributed by atoms with Crippen LogP contribution in [0.2, 0.25) is 0 Å². The van der Waals surface area contributed by atoms with Crippen LogP contribution in [0.5, 0.6) is 5.75 Å². The quantitative estimate of drug-likeness (QED) is 0.739. The van der Waals surface area contributed by atoms with Crippen molar-refractivity contribution in [2.24, 2.45) is 0 Å². The maximum atomic E-state index is 9.44. The fourth-order valence-electron chi connectivity index (χ4n) is 1.90. The number of aromatic hydroxyl groups is 1. The van der Waals surface area contributed by atoms with Gasteiger partial charge in [-0.2, -0.15) is 0 Å². The standard InChI is InChI=1S/C16H14N2OS/c1-11-5-7-12(8-6-11)15-10-20-16(18-15)17-13-3-2-4-14(19)9-13/h2-10,19H,1H3,(H,17,18). The van der Waals surface area contributed by atoms with Crippen LogP contribution < -0.4 is 5.32 Å². The van der Waals surface area contributed by atoms with E-state index < -0.39 is 0 Å². The van der Waals surface area contributed by atoms with E-state index in [0.717, 1.165) is 22.1 Å². The highest BCUT2D eigenvalue weighted by Gasteiger charge is 2.05. The molecule has 0 bridgehead atoms. The van der Waals surface area contributed by atoms with E-state index in [-0.39, 0.29) is 5.75 Å². The summed E-state index contributed by atoms with van der Waals surface area (Å²) in [5.41, 5.74) is 4.13. The molecule has 0 spiro atoms. The molecule has 1 aromatic heterocycles. The summed E-state index contributed by atoms with van der Waals surface area (Å²) in [7, 11) is 0. The largest absolute Gasteiger partial charge is 0.508 e. The number of nitrogens with one attached hydrogen (secondary N) is 1. The Morgan fingerprint density at radius 2 is 1.90 bits per heavy atom. The van der Waals surface area contributed by atoms with Gasteiger partial charge in [0.1, 0.15) is 5.75 Å². The van der Waals surface area contributed by atoms with Crippen molar-refractivity contribution in [3.05, 3.63) is 59.5 Å². The summed E-state index contributed by atoms with van der Waals surface area (Å²) in [4.78, 5) is 4.56. The zero-order valence-electron chi connectivity index (χ0n) is 11.0. The van der Waals surface area contributed by atoms with E-state index in [9.17, 15) is 5.11 Å². The number of hydrogen-bond donors (Lipinski definition) is 2. The Labute approximate surface area is 121 Å². The molecule has 0 unspecified atom stereocenters. The highest BCUT2D eigenvalue weighted by atomic mass is 32.1. The molecule has 100 valence electrons. The topological polar surface area (TPSA) is 45.1 Å². The highest BCUT2D eigenvalue weighted by Crippen LogP contribution is 2.28. The molecule has 0 radical (unpaired) electrons. The Morgan fingerprint density at radius 1 is 1.10 bits per heavy atom. The lowest BCUT2D eigenvalue weighted by molar-refractivity contribution is 0.475. The lowest BCUT2D eigenvalue weighted by Crippen LogP contribution is -1.89. The smallest absolute Gasteiger partial charge is 0.187 e. The van der Waals surface area contributed by atoms with Gasteiger partial charge in [0, 0.05) is 22.7 Å². The highest BCUT2D eigenvalue weighted by molar-refractivity contribution is 7.14. The molecule has 0 saturated heterocycles. The molecule has 4 heteroatoms. The van der Waals surface area contributed by atoms with Crippen molar-refractivity contribution < 1.29 is 5.11 Å².